The molecule has 0 heterocycles. The number of ether oxygens (including phenoxy) is 2. The largest absolute Gasteiger partial charge is 0.498 e. The van der Waals surface area contributed by atoms with Crippen LogP contribution in [0, 0.1) is 0 Å². The molecule has 0 saturated heterocycles. The SMILES string of the molecule is C=COCCOc1cccc(N(C)c2ccccc2)c1. The highest BCUT2D eigenvalue weighted by Gasteiger charge is 2.04. The van der Waals surface area contributed by atoms with Gasteiger partial charge in [-0.1, -0.05) is 30.8 Å². The van der Waals surface area contributed by atoms with E-state index >= 15 is 0 Å². The van der Waals surface area contributed by atoms with Gasteiger partial charge in [0, 0.05) is 24.5 Å². The van der Waals surface area contributed by atoms with Crippen LogP contribution in [-0.4, -0.2) is 20.3 Å². The van der Waals surface area contributed by atoms with Crippen molar-refractivity contribution in [3.05, 3.63) is 67.4 Å². The van der Waals surface area contributed by atoms with Crippen LogP contribution >= 0.6 is 0 Å². The topological polar surface area (TPSA) is 21.7 Å². The smallest absolute Gasteiger partial charge is 0.122 e. The Morgan fingerprint density at radius 2 is 1.75 bits per heavy atom. The zero-order valence-electron chi connectivity index (χ0n) is 11.7. The molecule has 0 aliphatic carbocycles. The van der Waals surface area contributed by atoms with Crippen LogP contribution < -0.4 is 9.64 Å². The summed E-state index contributed by atoms with van der Waals surface area (Å²) in [6, 6.07) is 18.2. The van der Waals surface area contributed by atoms with Gasteiger partial charge >= 0.3 is 0 Å². The van der Waals surface area contributed by atoms with E-state index in [0.29, 0.717) is 13.2 Å². The van der Waals surface area contributed by atoms with E-state index < -0.39 is 0 Å². The van der Waals surface area contributed by atoms with Crippen molar-refractivity contribution in [1.29, 1.82) is 0 Å². The van der Waals surface area contributed by atoms with Gasteiger partial charge in [0.1, 0.15) is 19.0 Å². The molecule has 104 valence electrons. The third kappa shape index (κ3) is 3.79. The van der Waals surface area contributed by atoms with Crippen molar-refractivity contribution in [2.45, 2.75) is 0 Å². The van der Waals surface area contributed by atoms with Crippen LogP contribution in [0.3, 0.4) is 0 Å². The molecule has 0 unspecified atom stereocenters. The van der Waals surface area contributed by atoms with Gasteiger partial charge in [-0.3, -0.25) is 0 Å². The molecule has 2 aromatic rings. The van der Waals surface area contributed by atoms with Crippen molar-refractivity contribution >= 4 is 11.4 Å². The molecule has 20 heavy (non-hydrogen) atoms. The highest BCUT2D eigenvalue weighted by molar-refractivity contribution is 5.63. The minimum atomic E-state index is 0.502. The number of para-hydroxylation sites is 1. The molecule has 3 nitrogen and oxygen atoms in total. The summed E-state index contributed by atoms with van der Waals surface area (Å²) >= 11 is 0. The molecule has 0 aromatic heterocycles. The first kappa shape index (κ1) is 14.0. The quantitative estimate of drug-likeness (QED) is 0.560. The second-order valence-corrected chi connectivity index (χ2v) is 4.28. The van der Waals surface area contributed by atoms with Gasteiger partial charge in [-0.2, -0.15) is 0 Å². The predicted octanol–water partition coefficient (Wildman–Crippen LogP) is 3.99. The lowest BCUT2D eigenvalue weighted by atomic mass is 10.2. The van der Waals surface area contributed by atoms with Crippen molar-refractivity contribution in [2.75, 3.05) is 25.2 Å². The maximum absolute atomic E-state index is 5.64. The first-order valence-corrected chi connectivity index (χ1v) is 6.55. The standard InChI is InChI=1S/C17H19NO2/c1-3-19-12-13-20-17-11-7-10-16(14-17)18(2)15-8-5-4-6-9-15/h3-11,14H,1,12-13H2,2H3. The van der Waals surface area contributed by atoms with Crippen molar-refractivity contribution in [1.82, 2.24) is 0 Å². The third-order valence-electron chi connectivity index (χ3n) is 2.94. The molecule has 2 rings (SSSR count). The first-order chi connectivity index (χ1) is 9.81. The zero-order chi connectivity index (χ0) is 14.2. The molecule has 0 atom stereocenters. The summed E-state index contributed by atoms with van der Waals surface area (Å²) in [7, 11) is 2.04. The monoisotopic (exact) mass is 269 g/mol. The molecule has 2 aromatic carbocycles. The number of hydrogen-bond donors (Lipinski definition) is 0. The van der Waals surface area contributed by atoms with Crippen LogP contribution in [0.2, 0.25) is 0 Å². The fourth-order valence-corrected chi connectivity index (χ4v) is 1.87. The van der Waals surface area contributed by atoms with E-state index in [0.717, 1.165) is 17.1 Å². The average Bonchev–Trinajstić information content (AvgIpc) is 2.52. The number of hydrogen-bond acceptors (Lipinski definition) is 3. The van der Waals surface area contributed by atoms with Gasteiger partial charge in [0.25, 0.3) is 0 Å². The number of benzene rings is 2. The zero-order valence-corrected chi connectivity index (χ0v) is 11.7. The normalized spacial score (nSPS) is 9.85. The van der Waals surface area contributed by atoms with Crippen LogP contribution in [-0.2, 0) is 4.74 Å². The van der Waals surface area contributed by atoms with Crippen LogP contribution in [0.4, 0.5) is 11.4 Å². The van der Waals surface area contributed by atoms with E-state index in [4.69, 9.17) is 9.47 Å². The Hall–Kier alpha value is -2.42. The lowest BCUT2D eigenvalue weighted by Crippen LogP contribution is -2.09. The molecule has 0 radical (unpaired) electrons. The van der Waals surface area contributed by atoms with Crippen LogP contribution in [0.15, 0.2) is 67.4 Å². The third-order valence-corrected chi connectivity index (χ3v) is 2.94. The van der Waals surface area contributed by atoms with E-state index in [2.05, 4.69) is 29.7 Å². The Balaban J connectivity index is 2.03. The second kappa shape index (κ2) is 7.24. The fraction of sp³-hybridized carbons (Fsp3) is 0.176. The molecular formula is C17H19NO2. The summed E-state index contributed by atoms with van der Waals surface area (Å²) in [4.78, 5) is 2.12. The maximum Gasteiger partial charge on any atom is 0.122 e. The molecule has 0 fully saturated rings. The number of anilines is 2. The van der Waals surface area contributed by atoms with E-state index in [1.807, 2.05) is 43.4 Å². The Labute approximate surface area is 120 Å². The summed E-state index contributed by atoms with van der Waals surface area (Å²) in [5.74, 6) is 0.831. The van der Waals surface area contributed by atoms with Gasteiger partial charge in [-0.05, 0) is 24.3 Å². The molecule has 0 spiro atoms. The Morgan fingerprint density at radius 3 is 2.50 bits per heavy atom. The minimum absolute atomic E-state index is 0.502. The lowest BCUT2D eigenvalue weighted by Gasteiger charge is -2.20. The molecule has 3 heteroatoms. The molecule has 0 aliphatic heterocycles. The summed E-state index contributed by atoms with van der Waals surface area (Å²) in [6.07, 6.45) is 1.42. The summed E-state index contributed by atoms with van der Waals surface area (Å²) in [5, 5.41) is 0. The van der Waals surface area contributed by atoms with Gasteiger partial charge in [-0.25, -0.2) is 0 Å². The van der Waals surface area contributed by atoms with Crippen LogP contribution in [0.5, 0.6) is 5.75 Å². The van der Waals surface area contributed by atoms with Gasteiger partial charge in [0.05, 0.1) is 6.26 Å². The van der Waals surface area contributed by atoms with E-state index in [1.165, 1.54) is 6.26 Å². The van der Waals surface area contributed by atoms with Gasteiger partial charge < -0.3 is 14.4 Å². The van der Waals surface area contributed by atoms with Crippen LogP contribution in [0.1, 0.15) is 0 Å². The molecular weight excluding hydrogens is 250 g/mol. The number of nitrogens with zero attached hydrogens (tertiary/aromatic N) is 1. The Morgan fingerprint density at radius 1 is 1.00 bits per heavy atom. The Bertz CT molecular complexity index is 540. The molecule has 0 aliphatic rings. The minimum Gasteiger partial charge on any atom is -0.498 e. The van der Waals surface area contributed by atoms with Crippen LogP contribution in [0.25, 0.3) is 0 Å². The van der Waals surface area contributed by atoms with Crippen molar-refractivity contribution in [3.63, 3.8) is 0 Å². The van der Waals surface area contributed by atoms with E-state index in [9.17, 15) is 0 Å². The predicted molar refractivity (Wildman–Crippen MR) is 82.6 cm³/mol. The first-order valence-electron chi connectivity index (χ1n) is 6.55. The summed E-state index contributed by atoms with van der Waals surface area (Å²) in [6.45, 7) is 4.50. The highest BCUT2D eigenvalue weighted by Crippen LogP contribution is 2.26. The maximum atomic E-state index is 5.64. The number of rotatable bonds is 7. The molecule has 0 bridgehead atoms. The van der Waals surface area contributed by atoms with E-state index in [1.54, 1.807) is 0 Å². The highest BCUT2D eigenvalue weighted by atomic mass is 16.5. The van der Waals surface area contributed by atoms with E-state index in [-0.39, 0.29) is 0 Å². The van der Waals surface area contributed by atoms with Gasteiger partial charge in [0.15, 0.2) is 0 Å². The molecule has 0 saturated carbocycles. The second-order valence-electron chi connectivity index (χ2n) is 4.28. The van der Waals surface area contributed by atoms with Crippen molar-refractivity contribution in [3.8, 4) is 5.75 Å². The van der Waals surface area contributed by atoms with Crippen molar-refractivity contribution in [2.24, 2.45) is 0 Å². The molecule has 0 N–H and O–H groups in total. The fourth-order valence-electron chi connectivity index (χ4n) is 1.87. The average molecular weight is 269 g/mol. The Kier molecular flexibility index (Phi) is 5.07. The van der Waals surface area contributed by atoms with Gasteiger partial charge in [0.2, 0.25) is 0 Å². The lowest BCUT2D eigenvalue weighted by molar-refractivity contribution is 0.179. The summed E-state index contributed by atoms with van der Waals surface area (Å²) in [5.41, 5.74) is 2.22. The molecule has 0 amide bonds. The van der Waals surface area contributed by atoms with Crippen molar-refractivity contribution < 1.29 is 9.47 Å². The summed E-state index contributed by atoms with van der Waals surface area (Å²) < 4.78 is 10.7. The van der Waals surface area contributed by atoms with Gasteiger partial charge in [-0.15, -0.1) is 0 Å².